The van der Waals surface area contributed by atoms with Gasteiger partial charge in [-0.1, -0.05) is 35.9 Å². The van der Waals surface area contributed by atoms with Gasteiger partial charge in [0.05, 0.1) is 12.6 Å². The van der Waals surface area contributed by atoms with Crippen molar-refractivity contribution in [2.75, 3.05) is 6.54 Å². The highest BCUT2D eigenvalue weighted by molar-refractivity contribution is 6.30. The molecule has 25 heavy (non-hydrogen) atoms. The van der Waals surface area contributed by atoms with E-state index in [1.54, 1.807) is 24.3 Å². The number of carbonyl (C=O) groups is 2. The first-order chi connectivity index (χ1) is 11.9. The third kappa shape index (κ3) is 6.43. The number of nitrogens with one attached hydrogen (secondary N) is 3. The quantitative estimate of drug-likeness (QED) is 0.737. The molecule has 0 aliphatic carbocycles. The lowest BCUT2D eigenvalue weighted by Crippen LogP contribution is -2.42. The first kappa shape index (κ1) is 18.7. The monoisotopic (exact) mass is 363 g/mol. The second-order valence-electron chi connectivity index (χ2n) is 5.51. The van der Waals surface area contributed by atoms with Crippen LogP contribution in [-0.4, -0.2) is 18.5 Å². The zero-order valence-electron chi connectivity index (χ0n) is 13.7. The predicted octanol–water partition coefficient (Wildman–Crippen LogP) is 3.16. The minimum Gasteiger partial charge on any atom is -0.348 e. The van der Waals surface area contributed by atoms with Crippen molar-refractivity contribution in [3.05, 3.63) is 70.5 Å². The molecule has 0 heterocycles. The van der Waals surface area contributed by atoms with E-state index < -0.39 is 6.03 Å². The van der Waals surface area contributed by atoms with Gasteiger partial charge in [0.25, 0.3) is 0 Å². The molecule has 132 valence electrons. The van der Waals surface area contributed by atoms with Crippen LogP contribution in [0.1, 0.15) is 24.1 Å². The zero-order valence-corrected chi connectivity index (χ0v) is 14.4. The van der Waals surface area contributed by atoms with Gasteiger partial charge in [0, 0.05) is 11.6 Å². The van der Waals surface area contributed by atoms with Crippen LogP contribution in [0.25, 0.3) is 0 Å². The van der Waals surface area contributed by atoms with Crippen LogP contribution in [0.3, 0.4) is 0 Å². The average Bonchev–Trinajstić information content (AvgIpc) is 2.59. The Kier molecular flexibility index (Phi) is 6.77. The molecule has 3 amide bonds. The molecule has 0 bridgehead atoms. The molecule has 1 atom stereocenters. The summed E-state index contributed by atoms with van der Waals surface area (Å²) < 4.78 is 12.8. The molecule has 3 N–H and O–H groups in total. The Morgan fingerprint density at radius 1 is 1.12 bits per heavy atom. The number of hydrogen-bond donors (Lipinski definition) is 3. The summed E-state index contributed by atoms with van der Waals surface area (Å²) in [4.78, 5) is 23.6. The summed E-state index contributed by atoms with van der Waals surface area (Å²) in [6.07, 6.45) is 0. The maximum atomic E-state index is 12.8. The van der Waals surface area contributed by atoms with Gasteiger partial charge in [0.2, 0.25) is 5.91 Å². The maximum absolute atomic E-state index is 12.8. The Hall–Kier alpha value is -2.60. The number of urea groups is 1. The molecule has 0 spiro atoms. The third-order valence-electron chi connectivity index (χ3n) is 3.50. The van der Waals surface area contributed by atoms with Crippen molar-refractivity contribution in [1.82, 2.24) is 16.0 Å². The van der Waals surface area contributed by atoms with E-state index in [0.29, 0.717) is 5.02 Å². The predicted molar refractivity (Wildman–Crippen MR) is 94.6 cm³/mol. The van der Waals surface area contributed by atoms with Gasteiger partial charge in [0.15, 0.2) is 0 Å². The van der Waals surface area contributed by atoms with E-state index in [2.05, 4.69) is 16.0 Å². The van der Waals surface area contributed by atoms with Gasteiger partial charge in [0.1, 0.15) is 5.82 Å². The Bertz CT molecular complexity index is 737. The Morgan fingerprint density at radius 2 is 1.84 bits per heavy atom. The van der Waals surface area contributed by atoms with Gasteiger partial charge in [-0.15, -0.1) is 0 Å². The normalized spacial score (nSPS) is 11.5. The summed E-state index contributed by atoms with van der Waals surface area (Å²) in [5.41, 5.74) is 1.64. The van der Waals surface area contributed by atoms with Gasteiger partial charge >= 0.3 is 6.03 Å². The molecule has 7 heteroatoms. The molecule has 0 aliphatic heterocycles. The lowest BCUT2D eigenvalue weighted by atomic mass is 10.1. The summed E-state index contributed by atoms with van der Waals surface area (Å²) in [7, 11) is 0. The van der Waals surface area contributed by atoms with E-state index in [-0.39, 0.29) is 30.9 Å². The largest absolute Gasteiger partial charge is 0.348 e. The topological polar surface area (TPSA) is 70.2 Å². The first-order valence-corrected chi connectivity index (χ1v) is 8.13. The van der Waals surface area contributed by atoms with Crippen molar-refractivity contribution in [1.29, 1.82) is 0 Å². The van der Waals surface area contributed by atoms with Gasteiger partial charge in [-0.05, 0) is 42.3 Å². The average molecular weight is 364 g/mol. The number of rotatable bonds is 6. The number of hydrogen-bond acceptors (Lipinski definition) is 2. The van der Waals surface area contributed by atoms with Gasteiger partial charge in [-0.2, -0.15) is 0 Å². The van der Waals surface area contributed by atoms with Crippen LogP contribution < -0.4 is 16.0 Å². The minimum atomic E-state index is -0.477. The van der Waals surface area contributed by atoms with Crippen molar-refractivity contribution >= 4 is 23.5 Å². The van der Waals surface area contributed by atoms with Gasteiger partial charge in [-0.3, -0.25) is 4.79 Å². The molecule has 0 unspecified atom stereocenters. The van der Waals surface area contributed by atoms with E-state index in [9.17, 15) is 14.0 Å². The molecule has 0 fully saturated rings. The van der Waals surface area contributed by atoms with Crippen LogP contribution in [0.15, 0.2) is 48.5 Å². The van der Waals surface area contributed by atoms with Crippen LogP contribution in [0, 0.1) is 5.82 Å². The SMILES string of the molecule is C[C@@H](NC(=O)CNC(=O)NCc1ccc(F)cc1)c1cccc(Cl)c1. The van der Waals surface area contributed by atoms with Gasteiger partial charge < -0.3 is 16.0 Å². The Labute approximate surface area is 150 Å². The van der Waals surface area contributed by atoms with Crippen molar-refractivity contribution < 1.29 is 14.0 Å². The second-order valence-corrected chi connectivity index (χ2v) is 5.94. The van der Waals surface area contributed by atoms with Crippen LogP contribution in [0.2, 0.25) is 5.02 Å². The second kappa shape index (κ2) is 9.03. The van der Waals surface area contributed by atoms with E-state index >= 15 is 0 Å². The van der Waals surface area contributed by atoms with Crippen LogP contribution in [0.5, 0.6) is 0 Å². The molecule has 0 aromatic heterocycles. The lowest BCUT2D eigenvalue weighted by molar-refractivity contribution is -0.120. The lowest BCUT2D eigenvalue weighted by Gasteiger charge is -2.15. The molecular formula is C18H19ClFN3O2. The number of halogens is 2. The van der Waals surface area contributed by atoms with E-state index in [1.807, 2.05) is 19.1 Å². The molecule has 0 aliphatic rings. The number of benzene rings is 2. The molecule has 0 saturated heterocycles. The first-order valence-electron chi connectivity index (χ1n) is 7.75. The van der Waals surface area contributed by atoms with Crippen molar-refractivity contribution in [3.63, 3.8) is 0 Å². The molecular weight excluding hydrogens is 345 g/mol. The van der Waals surface area contributed by atoms with Crippen LogP contribution in [-0.2, 0) is 11.3 Å². The van der Waals surface area contributed by atoms with E-state index in [4.69, 9.17) is 11.6 Å². The van der Waals surface area contributed by atoms with Gasteiger partial charge in [-0.25, -0.2) is 9.18 Å². The van der Waals surface area contributed by atoms with Crippen molar-refractivity contribution in [2.45, 2.75) is 19.5 Å². The molecule has 2 aromatic rings. The standard InChI is InChI=1S/C18H19ClFN3O2/c1-12(14-3-2-4-15(19)9-14)23-17(24)11-22-18(25)21-10-13-5-7-16(20)8-6-13/h2-9,12H,10-11H2,1H3,(H,23,24)(H2,21,22,25)/t12-/m1/s1. The minimum absolute atomic E-state index is 0.153. The molecule has 2 aromatic carbocycles. The summed E-state index contributed by atoms with van der Waals surface area (Å²) in [5.74, 6) is -0.650. The van der Waals surface area contributed by atoms with Crippen molar-refractivity contribution in [3.8, 4) is 0 Å². The zero-order chi connectivity index (χ0) is 18.2. The van der Waals surface area contributed by atoms with E-state index in [1.165, 1.54) is 12.1 Å². The Balaban J connectivity index is 1.71. The number of amides is 3. The fourth-order valence-corrected chi connectivity index (χ4v) is 2.36. The molecule has 2 rings (SSSR count). The molecule has 5 nitrogen and oxygen atoms in total. The van der Waals surface area contributed by atoms with Crippen LogP contribution in [0.4, 0.5) is 9.18 Å². The van der Waals surface area contributed by atoms with Crippen molar-refractivity contribution in [2.24, 2.45) is 0 Å². The number of carbonyl (C=O) groups excluding carboxylic acids is 2. The highest BCUT2D eigenvalue weighted by Gasteiger charge is 2.11. The fourth-order valence-electron chi connectivity index (χ4n) is 2.16. The molecule has 0 saturated carbocycles. The molecule has 0 radical (unpaired) electrons. The smallest absolute Gasteiger partial charge is 0.315 e. The van der Waals surface area contributed by atoms with Crippen LogP contribution >= 0.6 is 11.6 Å². The summed E-state index contributed by atoms with van der Waals surface area (Å²) in [6.45, 7) is 1.92. The summed E-state index contributed by atoms with van der Waals surface area (Å²) in [6, 6.07) is 12.3. The summed E-state index contributed by atoms with van der Waals surface area (Å²) >= 11 is 5.92. The third-order valence-corrected chi connectivity index (χ3v) is 3.74. The van der Waals surface area contributed by atoms with E-state index in [0.717, 1.165) is 11.1 Å². The fraction of sp³-hybridized carbons (Fsp3) is 0.222. The highest BCUT2D eigenvalue weighted by atomic mass is 35.5. The Morgan fingerprint density at radius 3 is 2.52 bits per heavy atom. The highest BCUT2D eigenvalue weighted by Crippen LogP contribution is 2.17. The maximum Gasteiger partial charge on any atom is 0.315 e. The summed E-state index contributed by atoms with van der Waals surface area (Å²) in [5, 5.41) is 8.44.